The average molecular weight is 256 g/mol. The largest absolute Gasteiger partial charge is 0.454 e. The molecule has 18 heavy (non-hydrogen) atoms. The monoisotopic (exact) mass is 255 g/mol. The van der Waals surface area contributed by atoms with Crippen molar-refractivity contribution in [2.45, 2.75) is 0 Å². The van der Waals surface area contributed by atoms with Gasteiger partial charge in [0, 0.05) is 5.39 Å². The number of nitrogens with zero attached hydrogens (tertiary/aromatic N) is 3. The molecule has 86 valence electrons. The van der Waals surface area contributed by atoms with Gasteiger partial charge in [-0.1, -0.05) is 18.2 Å². The van der Waals surface area contributed by atoms with Crippen LogP contribution in [0.5, 0.6) is 0 Å². The maximum absolute atomic E-state index is 9.03. The lowest BCUT2D eigenvalue weighted by Gasteiger charge is -1.98. The summed E-state index contributed by atoms with van der Waals surface area (Å²) in [7, 11) is 0. The summed E-state index contributed by atoms with van der Waals surface area (Å²) in [6.07, 6.45) is 1.39. The van der Waals surface area contributed by atoms with Gasteiger partial charge in [0.1, 0.15) is 17.3 Å². The first-order chi connectivity index (χ1) is 8.78. The quantitative estimate of drug-likeness (QED) is 0.625. The van der Waals surface area contributed by atoms with Crippen LogP contribution >= 0.6 is 11.6 Å². The van der Waals surface area contributed by atoms with Crippen LogP contribution in [0.1, 0.15) is 5.56 Å². The van der Waals surface area contributed by atoms with Gasteiger partial charge in [0.2, 0.25) is 5.28 Å². The van der Waals surface area contributed by atoms with Gasteiger partial charge >= 0.3 is 0 Å². The summed E-state index contributed by atoms with van der Waals surface area (Å²) >= 11 is 5.75. The Balaban J connectivity index is 2.26. The predicted molar refractivity (Wildman–Crippen MR) is 67.0 cm³/mol. The molecule has 0 aliphatic heterocycles. The number of hydrogen-bond donors (Lipinski definition) is 0. The van der Waals surface area contributed by atoms with Crippen molar-refractivity contribution >= 4 is 22.6 Å². The molecule has 0 atom stereocenters. The molecule has 0 aliphatic carbocycles. The van der Waals surface area contributed by atoms with Crippen LogP contribution in [-0.4, -0.2) is 9.97 Å². The van der Waals surface area contributed by atoms with Gasteiger partial charge in [-0.3, -0.25) is 0 Å². The van der Waals surface area contributed by atoms with Crippen molar-refractivity contribution < 1.29 is 4.42 Å². The van der Waals surface area contributed by atoms with E-state index in [-0.39, 0.29) is 5.28 Å². The first-order valence-electron chi connectivity index (χ1n) is 5.19. The number of benzene rings is 1. The number of rotatable bonds is 1. The Bertz CT molecular complexity index is 740. The van der Waals surface area contributed by atoms with E-state index in [1.807, 2.05) is 36.4 Å². The number of halogens is 1. The second-order valence-electron chi connectivity index (χ2n) is 3.66. The smallest absolute Gasteiger partial charge is 0.223 e. The summed E-state index contributed by atoms with van der Waals surface area (Å²) in [5.74, 6) is 0.511. The van der Waals surface area contributed by atoms with E-state index in [0.717, 1.165) is 11.0 Å². The van der Waals surface area contributed by atoms with Gasteiger partial charge in [-0.2, -0.15) is 5.26 Å². The van der Waals surface area contributed by atoms with Crippen LogP contribution in [-0.2, 0) is 0 Å². The van der Waals surface area contributed by atoms with Crippen LogP contribution in [0.4, 0.5) is 0 Å². The van der Waals surface area contributed by atoms with Crippen LogP contribution in [0, 0.1) is 11.3 Å². The molecule has 4 nitrogen and oxygen atoms in total. The summed E-state index contributed by atoms with van der Waals surface area (Å²) in [5, 5.41) is 10.1. The SMILES string of the molecule is N#Cc1cnc(Cl)nc1-c1cc2ccccc2o1. The van der Waals surface area contributed by atoms with E-state index < -0.39 is 0 Å². The van der Waals surface area contributed by atoms with E-state index in [0.29, 0.717) is 17.0 Å². The van der Waals surface area contributed by atoms with Crippen LogP contribution < -0.4 is 0 Å². The van der Waals surface area contributed by atoms with Gasteiger partial charge in [0.15, 0.2) is 5.76 Å². The second-order valence-corrected chi connectivity index (χ2v) is 4.00. The standard InChI is InChI=1S/C13H6ClN3O/c14-13-16-7-9(6-15)12(17-13)11-5-8-3-1-2-4-10(8)18-11/h1-5,7H. The Kier molecular flexibility index (Phi) is 2.47. The Morgan fingerprint density at radius 2 is 2.11 bits per heavy atom. The van der Waals surface area contributed by atoms with Gasteiger partial charge < -0.3 is 4.42 Å². The van der Waals surface area contributed by atoms with Crippen molar-refractivity contribution in [2.24, 2.45) is 0 Å². The number of furan rings is 1. The lowest BCUT2D eigenvalue weighted by molar-refractivity contribution is 0.628. The Hall–Kier alpha value is -2.38. The van der Waals surface area contributed by atoms with Crippen molar-refractivity contribution in [1.82, 2.24) is 9.97 Å². The second kappa shape index (κ2) is 4.13. The van der Waals surface area contributed by atoms with Crippen LogP contribution in [0.15, 0.2) is 40.9 Å². The third-order valence-electron chi connectivity index (χ3n) is 2.54. The summed E-state index contributed by atoms with van der Waals surface area (Å²) in [6, 6.07) is 11.4. The van der Waals surface area contributed by atoms with E-state index in [1.54, 1.807) is 0 Å². The maximum atomic E-state index is 9.03. The Morgan fingerprint density at radius 1 is 1.28 bits per heavy atom. The molecule has 0 unspecified atom stereocenters. The number of nitriles is 1. The molecule has 0 amide bonds. The first kappa shape index (κ1) is 10.8. The average Bonchev–Trinajstić information content (AvgIpc) is 2.82. The summed E-state index contributed by atoms with van der Waals surface area (Å²) in [6.45, 7) is 0. The Labute approximate surface area is 107 Å². The van der Waals surface area contributed by atoms with Gasteiger partial charge in [0.05, 0.1) is 11.8 Å². The minimum absolute atomic E-state index is 0.0875. The van der Waals surface area contributed by atoms with Crippen LogP contribution in [0.25, 0.3) is 22.4 Å². The molecule has 0 radical (unpaired) electrons. The number of fused-ring (bicyclic) bond motifs is 1. The van der Waals surface area contributed by atoms with E-state index in [2.05, 4.69) is 9.97 Å². The molecule has 0 fully saturated rings. The van der Waals surface area contributed by atoms with Crippen molar-refractivity contribution in [1.29, 1.82) is 5.26 Å². The zero-order valence-corrected chi connectivity index (χ0v) is 9.85. The molecular formula is C13H6ClN3O. The molecule has 3 rings (SSSR count). The minimum atomic E-state index is 0.0875. The normalized spacial score (nSPS) is 10.4. The van der Waals surface area contributed by atoms with Crippen molar-refractivity contribution in [3.63, 3.8) is 0 Å². The molecule has 1 aromatic carbocycles. The predicted octanol–water partition coefficient (Wildman–Crippen LogP) is 3.41. The number of para-hydroxylation sites is 1. The number of aromatic nitrogens is 2. The van der Waals surface area contributed by atoms with E-state index in [4.69, 9.17) is 21.3 Å². The molecule has 2 heterocycles. The fraction of sp³-hybridized carbons (Fsp3) is 0. The summed E-state index contributed by atoms with van der Waals surface area (Å²) in [5.41, 5.74) is 1.48. The highest BCUT2D eigenvalue weighted by Gasteiger charge is 2.13. The molecule has 5 heteroatoms. The van der Waals surface area contributed by atoms with Gasteiger partial charge in [-0.15, -0.1) is 0 Å². The van der Waals surface area contributed by atoms with Crippen molar-refractivity contribution in [3.05, 3.63) is 47.4 Å². The lowest BCUT2D eigenvalue weighted by Crippen LogP contribution is -1.91. The van der Waals surface area contributed by atoms with Crippen molar-refractivity contribution in [3.8, 4) is 17.5 Å². The zero-order valence-electron chi connectivity index (χ0n) is 9.09. The molecule has 3 aromatic rings. The van der Waals surface area contributed by atoms with E-state index in [9.17, 15) is 0 Å². The Morgan fingerprint density at radius 3 is 2.89 bits per heavy atom. The fourth-order valence-electron chi connectivity index (χ4n) is 1.73. The third-order valence-corrected chi connectivity index (χ3v) is 2.72. The molecule has 0 bridgehead atoms. The fourth-order valence-corrected chi connectivity index (χ4v) is 1.86. The molecule has 0 spiro atoms. The molecular weight excluding hydrogens is 250 g/mol. The highest BCUT2D eigenvalue weighted by molar-refractivity contribution is 6.28. The van der Waals surface area contributed by atoms with Gasteiger partial charge in [-0.05, 0) is 23.7 Å². The highest BCUT2D eigenvalue weighted by atomic mass is 35.5. The molecule has 2 aromatic heterocycles. The topological polar surface area (TPSA) is 62.7 Å². The first-order valence-corrected chi connectivity index (χ1v) is 5.57. The lowest BCUT2D eigenvalue weighted by atomic mass is 10.2. The maximum Gasteiger partial charge on any atom is 0.223 e. The van der Waals surface area contributed by atoms with E-state index >= 15 is 0 Å². The molecule has 0 saturated heterocycles. The molecule has 0 aliphatic rings. The summed E-state index contributed by atoms with van der Waals surface area (Å²) < 4.78 is 5.65. The van der Waals surface area contributed by atoms with Crippen molar-refractivity contribution in [2.75, 3.05) is 0 Å². The van der Waals surface area contributed by atoms with Gasteiger partial charge in [-0.25, -0.2) is 9.97 Å². The minimum Gasteiger partial charge on any atom is -0.454 e. The van der Waals surface area contributed by atoms with Crippen LogP contribution in [0.3, 0.4) is 0 Å². The van der Waals surface area contributed by atoms with Crippen LogP contribution in [0.2, 0.25) is 5.28 Å². The highest BCUT2D eigenvalue weighted by Crippen LogP contribution is 2.28. The van der Waals surface area contributed by atoms with E-state index in [1.165, 1.54) is 6.20 Å². The zero-order chi connectivity index (χ0) is 12.5. The summed E-state index contributed by atoms with van der Waals surface area (Å²) in [4.78, 5) is 7.83. The molecule has 0 N–H and O–H groups in total. The molecule has 0 saturated carbocycles. The number of hydrogen-bond acceptors (Lipinski definition) is 4. The van der Waals surface area contributed by atoms with Gasteiger partial charge in [0.25, 0.3) is 0 Å². The third kappa shape index (κ3) is 1.71.